The number of urea groups is 1. The number of rotatable bonds is 6. The zero-order chi connectivity index (χ0) is 17.7. The lowest BCUT2D eigenvalue weighted by atomic mass is 10.1. The third kappa shape index (κ3) is 4.39. The van der Waals surface area contributed by atoms with E-state index in [0.29, 0.717) is 13.0 Å². The number of aliphatic hydroxyl groups is 1. The van der Waals surface area contributed by atoms with Crippen molar-refractivity contribution in [2.45, 2.75) is 44.4 Å². The molecule has 1 saturated heterocycles. The molecule has 134 valence electrons. The maximum atomic E-state index is 13.3. The molecule has 2 amide bonds. The third-order valence-corrected chi connectivity index (χ3v) is 4.07. The van der Waals surface area contributed by atoms with E-state index in [4.69, 9.17) is 4.74 Å². The van der Waals surface area contributed by atoms with Crippen molar-refractivity contribution >= 4 is 6.03 Å². The van der Waals surface area contributed by atoms with Gasteiger partial charge in [0.2, 0.25) is 0 Å². The van der Waals surface area contributed by atoms with Gasteiger partial charge in [-0.3, -0.25) is 0 Å². The van der Waals surface area contributed by atoms with Crippen LogP contribution in [0.1, 0.15) is 37.8 Å². The zero-order valence-corrected chi connectivity index (χ0v) is 13.3. The molecule has 1 aromatic rings. The van der Waals surface area contributed by atoms with E-state index in [-0.39, 0.29) is 17.7 Å². The quantitative estimate of drug-likeness (QED) is 0.693. The van der Waals surface area contributed by atoms with Crippen LogP contribution in [0.4, 0.5) is 18.0 Å². The van der Waals surface area contributed by atoms with Crippen LogP contribution < -0.4 is 10.6 Å². The van der Waals surface area contributed by atoms with Crippen LogP contribution in [0.3, 0.4) is 0 Å². The predicted molar refractivity (Wildman–Crippen MR) is 80.9 cm³/mol. The highest BCUT2D eigenvalue weighted by Gasteiger charge is 2.27. The van der Waals surface area contributed by atoms with Crippen molar-refractivity contribution in [2.75, 3.05) is 13.2 Å². The molecule has 0 spiro atoms. The normalized spacial score (nSPS) is 19.8. The van der Waals surface area contributed by atoms with Gasteiger partial charge in [-0.2, -0.15) is 0 Å². The Morgan fingerprint density at radius 2 is 2.00 bits per heavy atom. The first-order chi connectivity index (χ1) is 11.5. The Morgan fingerprint density at radius 3 is 2.50 bits per heavy atom. The van der Waals surface area contributed by atoms with Gasteiger partial charge in [0.15, 0.2) is 17.5 Å². The van der Waals surface area contributed by atoms with E-state index in [1.54, 1.807) is 0 Å². The Labute approximate surface area is 138 Å². The average molecular weight is 346 g/mol. The van der Waals surface area contributed by atoms with E-state index in [1.807, 2.05) is 6.92 Å². The number of aliphatic hydroxyl groups excluding tert-OH is 1. The van der Waals surface area contributed by atoms with Crippen molar-refractivity contribution in [1.29, 1.82) is 0 Å². The standard InChI is InChI=1S/C16H21F3N2O3/c1-2-12(14-4-3-5-24-14)20-16(23)21-13(8-22)9-6-10(17)15(19)11(18)7-9/h6-7,12-14,22H,2-5,8H2,1H3,(H2,20,21,23). The van der Waals surface area contributed by atoms with Gasteiger partial charge in [-0.05, 0) is 37.0 Å². The van der Waals surface area contributed by atoms with Crippen molar-refractivity contribution < 1.29 is 27.8 Å². The fourth-order valence-corrected chi connectivity index (χ4v) is 2.76. The van der Waals surface area contributed by atoms with Crippen molar-refractivity contribution in [3.05, 3.63) is 35.1 Å². The second kappa shape index (κ2) is 8.34. The van der Waals surface area contributed by atoms with Gasteiger partial charge in [0.1, 0.15) is 0 Å². The topological polar surface area (TPSA) is 70.6 Å². The molecule has 1 fully saturated rings. The SMILES string of the molecule is CCC(NC(=O)NC(CO)c1cc(F)c(F)c(F)c1)C1CCCO1. The lowest BCUT2D eigenvalue weighted by Gasteiger charge is -2.25. The summed E-state index contributed by atoms with van der Waals surface area (Å²) in [5.41, 5.74) is -0.0609. The monoisotopic (exact) mass is 346 g/mol. The number of halogens is 3. The third-order valence-electron chi connectivity index (χ3n) is 4.07. The van der Waals surface area contributed by atoms with E-state index < -0.39 is 36.1 Å². The van der Waals surface area contributed by atoms with E-state index in [1.165, 1.54) is 0 Å². The molecule has 1 heterocycles. The molecule has 8 heteroatoms. The smallest absolute Gasteiger partial charge is 0.315 e. The fourth-order valence-electron chi connectivity index (χ4n) is 2.76. The van der Waals surface area contributed by atoms with Crippen molar-refractivity contribution in [3.63, 3.8) is 0 Å². The molecule has 2 rings (SSSR count). The maximum Gasteiger partial charge on any atom is 0.315 e. The van der Waals surface area contributed by atoms with Crippen LogP contribution in [0.2, 0.25) is 0 Å². The Hall–Kier alpha value is -1.80. The molecular weight excluding hydrogens is 325 g/mol. The minimum atomic E-state index is -1.59. The molecule has 3 unspecified atom stereocenters. The van der Waals surface area contributed by atoms with Crippen LogP contribution in [0, 0.1) is 17.5 Å². The van der Waals surface area contributed by atoms with Crippen molar-refractivity contribution in [2.24, 2.45) is 0 Å². The summed E-state index contributed by atoms with van der Waals surface area (Å²) < 4.78 is 45.1. The minimum Gasteiger partial charge on any atom is -0.394 e. The molecule has 3 N–H and O–H groups in total. The molecule has 1 aliphatic heterocycles. The second-order valence-corrected chi connectivity index (χ2v) is 5.72. The lowest BCUT2D eigenvalue weighted by Crippen LogP contribution is -2.48. The largest absolute Gasteiger partial charge is 0.394 e. The summed E-state index contributed by atoms with van der Waals surface area (Å²) in [5, 5.41) is 14.5. The number of nitrogens with one attached hydrogen (secondary N) is 2. The summed E-state index contributed by atoms with van der Waals surface area (Å²) in [6, 6.07) is -0.361. The predicted octanol–water partition coefficient (Wildman–Crippen LogP) is 2.39. The summed E-state index contributed by atoms with van der Waals surface area (Å²) in [6.07, 6.45) is 2.35. The lowest BCUT2D eigenvalue weighted by molar-refractivity contribution is 0.0792. The van der Waals surface area contributed by atoms with Crippen molar-refractivity contribution in [3.8, 4) is 0 Å². The first-order valence-electron chi connectivity index (χ1n) is 7.90. The van der Waals surface area contributed by atoms with Crippen LogP contribution in [0.15, 0.2) is 12.1 Å². The summed E-state index contributed by atoms with van der Waals surface area (Å²) in [4.78, 5) is 12.1. The van der Waals surface area contributed by atoms with Crippen LogP contribution >= 0.6 is 0 Å². The number of hydrogen-bond acceptors (Lipinski definition) is 3. The van der Waals surface area contributed by atoms with Gasteiger partial charge >= 0.3 is 6.03 Å². The highest BCUT2D eigenvalue weighted by Crippen LogP contribution is 2.20. The van der Waals surface area contributed by atoms with E-state index in [0.717, 1.165) is 25.0 Å². The number of hydrogen-bond donors (Lipinski definition) is 3. The molecule has 0 saturated carbocycles. The molecule has 24 heavy (non-hydrogen) atoms. The molecule has 0 aromatic heterocycles. The van der Waals surface area contributed by atoms with Gasteiger partial charge in [0.05, 0.1) is 24.8 Å². The minimum absolute atomic E-state index is 0.0609. The summed E-state index contributed by atoms with van der Waals surface area (Å²) in [7, 11) is 0. The molecule has 0 bridgehead atoms. The van der Waals surface area contributed by atoms with E-state index in [9.17, 15) is 23.1 Å². The van der Waals surface area contributed by atoms with E-state index >= 15 is 0 Å². The Balaban J connectivity index is 2.02. The van der Waals surface area contributed by atoms with E-state index in [2.05, 4.69) is 10.6 Å². The molecule has 3 atom stereocenters. The Morgan fingerprint density at radius 1 is 1.33 bits per heavy atom. The molecular formula is C16H21F3N2O3. The zero-order valence-electron chi connectivity index (χ0n) is 13.3. The average Bonchev–Trinajstić information content (AvgIpc) is 3.09. The van der Waals surface area contributed by atoms with Gasteiger partial charge in [-0.1, -0.05) is 6.92 Å². The fraction of sp³-hybridized carbons (Fsp3) is 0.562. The second-order valence-electron chi connectivity index (χ2n) is 5.72. The Bertz CT molecular complexity index is 557. The number of carbonyl (C=O) groups excluding carboxylic acids is 1. The molecule has 0 aliphatic carbocycles. The highest BCUT2D eigenvalue weighted by molar-refractivity contribution is 5.74. The first kappa shape index (κ1) is 18.5. The molecule has 1 aromatic carbocycles. The van der Waals surface area contributed by atoms with Crippen LogP contribution in [0.5, 0.6) is 0 Å². The highest BCUT2D eigenvalue weighted by atomic mass is 19.2. The van der Waals surface area contributed by atoms with Crippen LogP contribution in [-0.4, -0.2) is 36.5 Å². The molecule has 1 aliphatic rings. The van der Waals surface area contributed by atoms with Gasteiger partial charge in [-0.25, -0.2) is 18.0 Å². The van der Waals surface area contributed by atoms with Gasteiger partial charge in [0.25, 0.3) is 0 Å². The number of amides is 2. The molecule has 5 nitrogen and oxygen atoms in total. The number of carbonyl (C=O) groups is 1. The molecule has 0 radical (unpaired) electrons. The van der Waals surface area contributed by atoms with Gasteiger partial charge in [-0.15, -0.1) is 0 Å². The van der Waals surface area contributed by atoms with Gasteiger partial charge in [0, 0.05) is 6.61 Å². The van der Waals surface area contributed by atoms with Crippen LogP contribution in [0.25, 0.3) is 0 Å². The summed E-state index contributed by atoms with van der Waals surface area (Å²) in [6.45, 7) is 1.97. The summed E-state index contributed by atoms with van der Waals surface area (Å²) in [5.74, 6) is -4.35. The summed E-state index contributed by atoms with van der Waals surface area (Å²) >= 11 is 0. The van der Waals surface area contributed by atoms with Gasteiger partial charge < -0.3 is 20.5 Å². The van der Waals surface area contributed by atoms with Crippen molar-refractivity contribution in [1.82, 2.24) is 10.6 Å². The van der Waals surface area contributed by atoms with Crippen LogP contribution in [-0.2, 0) is 4.74 Å². The number of ether oxygens (including phenoxy) is 1. The maximum absolute atomic E-state index is 13.3. The first-order valence-corrected chi connectivity index (χ1v) is 7.90. The number of benzene rings is 1. The Kier molecular flexibility index (Phi) is 6.44.